The van der Waals surface area contributed by atoms with Crippen molar-refractivity contribution < 1.29 is 0 Å². The van der Waals surface area contributed by atoms with Crippen molar-refractivity contribution in [2.75, 3.05) is 0 Å². The summed E-state index contributed by atoms with van der Waals surface area (Å²) in [6.07, 6.45) is 0. The van der Waals surface area contributed by atoms with Gasteiger partial charge < -0.3 is 5.73 Å². The number of hydrogen-bond acceptors (Lipinski definition) is 5. The lowest BCUT2D eigenvalue weighted by atomic mass is 10.3. The highest BCUT2D eigenvalue weighted by atomic mass is 32.2. The molecule has 2 heterocycles. The molecule has 0 atom stereocenters. The summed E-state index contributed by atoms with van der Waals surface area (Å²) in [5.74, 6) is 0. The predicted molar refractivity (Wildman–Crippen MR) is 91.8 cm³/mol. The largest absolute Gasteiger partial charge is 0.326 e. The van der Waals surface area contributed by atoms with Crippen LogP contribution in [-0.4, -0.2) is 19.7 Å². The van der Waals surface area contributed by atoms with Crippen molar-refractivity contribution >= 4 is 11.8 Å². The molecule has 0 unspecified atom stereocenters. The third-order valence-electron chi connectivity index (χ3n) is 3.49. The minimum atomic E-state index is 0.436. The van der Waals surface area contributed by atoms with E-state index in [1.807, 2.05) is 61.9 Å². The van der Waals surface area contributed by atoms with Crippen molar-refractivity contribution in [3.8, 4) is 5.69 Å². The monoisotopic (exact) mass is 325 g/mol. The molecule has 2 aromatic heterocycles. The predicted octanol–water partition coefficient (Wildman–Crippen LogP) is 3.20. The summed E-state index contributed by atoms with van der Waals surface area (Å²) in [6.45, 7) is 6.37. The SMILES string of the molecule is Cc1cc(C)nc(Sc2c(CN)c(C)nn2-c2ccccc2)n1. The summed E-state index contributed by atoms with van der Waals surface area (Å²) in [4.78, 5) is 9.04. The molecule has 5 nitrogen and oxygen atoms in total. The van der Waals surface area contributed by atoms with Gasteiger partial charge in [-0.2, -0.15) is 5.10 Å². The maximum absolute atomic E-state index is 5.95. The van der Waals surface area contributed by atoms with Crippen molar-refractivity contribution in [2.45, 2.75) is 37.5 Å². The molecule has 6 heteroatoms. The van der Waals surface area contributed by atoms with E-state index in [4.69, 9.17) is 5.73 Å². The summed E-state index contributed by atoms with van der Waals surface area (Å²) in [6, 6.07) is 12.0. The fraction of sp³-hybridized carbons (Fsp3) is 0.235. The van der Waals surface area contributed by atoms with Gasteiger partial charge in [0.05, 0.1) is 11.4 Å². The summed E-state index contributed by atoms with van der Waals surface area (Å²) in [7, 11) is 0. The quantitative estimate of drug-likeness (QED) is 0.746. The molecule has 0 fully saturated rings. The molecule has 0 amide bonds. The first-order chi connectivity index (χ1) is 11.1. The van der Waals surface area contributed by atoms with Gasteiger partial charge in [0.1, 0.15) is 5.03 Å². The van der Waals surface area contributed by atoms with Gasteiger partial charge in [0.25, 0.3) is 0 Å². The average molecular weight is 325 g/mol. The molecule has 0 bridgehead atoms. The Labute approximate surface area is 140 Å². The second-order valence-corrected chi connectivity index (χ2v) is 6.31. The summed E-state index contributed by atoms with van der Waals surface area (Å²) in [5, 5.41) is 6.34. The fourth-order valence-corrected chi connectivity index (χ4v) is 3.59. The Morgan fingerprint density at radius 3 is 2.30 bits per heavy atom. The molecular formula is C17H19N5S. The highest BCUT2D eigenvalue weighted by Gasteiger charge is 2.18. The van der Waals surface area contributed by atoms with Crippen LogP contribution in [0.1, 0.15) is 22.6 Å². The molecule has 0 aliphatic heterocycles. The van der Waals surface area contributed by atoms with E-state index in [2.05, 4.69) is 15.1 Å². The van der Waals surface area contributed by atoms with Gasteiger partial charge in [-0.1, -0.05) is 18.2 Å². The second kappa shape index (κ2) is 6.52. The minimum absolute atomic E-state index is 0.436. The van der Waals surface area contributed by atoms with Crippen LogP contribution in [0.4, 0.5) is 0 Å². The van der Waals surface area contributed by atoms with Gasteiger partial charge in [0.2, 0.25) is 0 Å². The third kappa shape index (κ3) is 3.28. The van der Waals surface area contributed by atoms with E-state index in [9.17, 15) is 0 Å². The molecule has 3 rings (SSSR count). The van der Waals surface area contributed by atoms with Crippen LogP contribution in [0.25, 0.3) is 5.69 Å². The first-order valence-electron chi connectivity index (χ1n) is 7.42. The lowest BCUT2D eigenvalue weighted by Crippen LogP contribution is -2.02. The van der Waals surface area contributed by atoms with Gasteiger partial charge in [-0.15, -0.1) is 0 Å². The Morgan fingerprint density at radius 2 is 1.70 bits per heavy atom. The highest BCUT2D eigenvalue weighted by Crippen LogP contribution is 2.32. The molecule has 2 N–H and O–H groups in total. The molecule has 3 aromatic rings. The van der Waals surface area contributed by atoms with E-state index in [0.717, 1.165) is 33.4 Å². The number of aryl methyl sites for hydroxylation is 3. The second-order valence-electron chi connectivity index (χ2n) is 5.36. The van der Waals surface area contributed by atoms with E-state index < -0.39 is 0 Å². The molecular weight excluding hydrogens is 306 g/mol. The van der Waals surface area contributed by atoms with Gasteiger partial charge in [0.15, 0.2) is 5.16 Å². The Kier molecular flexibility index (Phi) is 4.45. The van der Waals surface area contributed by atoms with Crippen molar-refractivity contribution in [3.05, 3.63) is 59.0 Å². The number of hydrogen-bond donors (Lipinski definition) is 1. The maximum Gasteiger partial charge on any atom is 0.194 e. The van der Waals surface area contributed by atoms with Crippen LogP contribution in [0.5, 0.6) is 0 Å². The lowest BCUT2D eigenvalue weighted by molar-refractivity contribution is 0.783. The van der Waals surface area contributed by atoms with Crippen LogP contribution in [0.15, 0.2) is 46.6 Å². The van der Waals surface area contributed by atoms with Gasteiger partial charge in [-0.3, -0.25) is 0 Å². The Balaban J connectivity index is 2.10. The highest BCUT2D eigenvalue weighted by molar-refractivity contribution is 7.99. The third-order valence-corrected chi connectivity index (χ3v) is 4.47. The van der Waals surface area contributed by atoms with E-state index in [0.29, 0.717) is 11.7 Å². The molecule has 0 saturated carbocycles. The summed E-state index contributed by atoms with van der Waals surface area (Å²) < 4.78 is 1.92. The number of benzene rings is 1. The van der Waals surface area contributed by atoms with Gasteiger partial charge in [-0.25, -0.2) is 14.6 Å². The molecule has 0 spiro atoms. The number of nitrogens with zero attached hydrogens (tertiary/aromatic N) is 4. The zero-order valence-corrected chi connectivity index (χ0v) is 14.3. The first-order valence-corrected chi connectivity index (χ1v) is 8.24. The van der Waals surface area contributed by atoms with Gasteiger partial charge >= 0.3 is 0 Å². The van der Waals surface area contributed by atoms with E-state index >= 15 is 0 Å². The molecule has 0 aliphatic carbocycles. The zero-order chi connectivity index (χ0) is 16.4. The molecule has 0 radical (unpaired) electrons. The fourth-order valence-electron chi connectivity index (χ4n) is 2.45. The van der Waals surface area contributed by atoms with Crippen molar-refractivity contribution in [3.63, 3.8) is 0 Å². The number of para-hydroxylation sites is 1. The lowest BCUT2D eigenvalue weighted by Gasteiger charge is -2.09. The van der Waals surface area contributed by atoms with Crippen LogP contribution in [-0.2, 0) is 6.54 Å². The van der Waals surface area contributed by atoms with Crippen LogP contribution >= 0.6 is 11.8 Å². The minimum Gasteiger partial charge on any atom is -0.326 e. The first kappa shape index (κ1) is 15.7. The van der Waals surface area contributed by atoms with E-state index in [1.165, 1.54) is 11.8 Å². The van der Waals surface area contributed by atoms with Crippen molar-refractivity contribution in [1.82, 2.24) is 19.7 Å². The van der Waals surface area contributed by atoms with Crippen LogP contribution < -0.4 is 5.73 Å². The maximum atomic E-state index is 5.95. The van der Waals surface area contributed by atoms with Gasteiger partial charge in [-0.05, 0) is 50.7 Å². The number of rotatable bonds is 4. The Bertz CT molecular complexity index is 806. The van der Waals surface area contributed by atoms with Gasteiger partial charge in [0, 0.05) is 23.5 Å². The zero-order valence-electron chi connectivity index (χ0n) is 13.4. The van der Waals surface area contributed by atoms with Crippen LogP contribution in [0.3, 0.4) is 0 Å². The van der Waals surface area contributed by atoms with Crippen molar-refractivity contribution in [2.24, 2.45) is 5.73 Å². The molecule has 118 valence electrons. The summed E-state index contributed by atoms with van der Waals surface area (Å²) >= 11 is 1.51. The molecule has 23 heavy (non-hydrogen) atoms. The number of aromatic nitrogens is 4. The van der Waals surface area contributed by atoms with E-state index in [1.54, 1.807) is 0 Å². The molecule has 0 saturated heterocycles. The molecule has 1 aromatic carbocycles. The summed E-state index contributed by atoms with van der Waals surface area (Å²) in [5.41, 5.74) is 10.8. The average Bonchev–Trinajstić information content (AvgIpc) is 2.83. The Morgan fingerprint density at radius 1 is 1.04 bits per heavy atom. The number of nitrogens with two attached hydrogens (primary N) is 1. The standard InChI is InChI=1S/C17H19N5S/c1-11-9-12(2)20-17(19-11)23-16-15(10-18)13(3)21-22(16)14-7-5-4-6-8-14/h4-9H,10,18H2,1-3H3. The normalized spacial score (nSPS) is 11.0. The smallest absolute Gasteiger partial charge is 0.194 e. The van der Waals surface area contributed by atoms with Crippen molar-refractivity contribution in [1.29, 1.82) is 0 Å². The van der Waals surface area contributed by atoms with E-state index in [-0.39, 0.29) is 0 Å². The topological polar surface area (TPSA) is 69.6 Å². The van der Waals surface area contributed by atoms with Crippen LogP contribution in [0, 0.1) is 20.8 Å². The Hall–Kier alpha value is -2.18. The van der Waals surface area contributed by atoms with Crippen LogP contribution in [0.2, 0.25) is 0 Å². The molecule has 0 aliphatic rings.